The zero-order valence-corrected chi connectivity index (χ0v) is 15.5. The Bertz CT molecular complexity index is 774. The van der Waals surface area contributed by atoms with Gasteiger partial charge in [-0.15, -0.1) is 0 Å². The zero-order valence-electron chi connectivity index (χ0n) is 15.5. The lowest BCUT2D eigenvalue weighted by Gasteiger charge is -2.29. The fourth-order valence-corrected chi connectivity index (χ4v) is 3.61. The van der Waals surface area contributed by atoms with Gasteiger partial charge in [0, 0.05) is 31.5 Å². The van der Waals surface area contributed by atoms with Crippen LogP contribution in [0.3, 0.4) is 0 Å². The highest BCUT2D eigenvalue weighted by atomic mass is 16.2. The van der Waals surface area contributed by atoms with E-state index >= 15 is 0 Å². The first-order valence-electron chi connectivity index (χ1n) is 9.51. The van der Waals surface area contributed by atoms with E-state index < -0.39 is 5.91 Å². The lowest BCUT2D eigenvalue weighted by Crippen LogP contribution is -2.50. The smallest absolute Gasteiger partial charge is 0.257 e. The van der Waals surface area contributed by atoms with Crippen molar-refractivity contribution in [3.8, 4) is 0 Å². The van der Waals surface area contributed by atoms with Crippen molar-refractivity contribution >= 4 is 23.6 Å². The Balaban J connectivity index is 1.61. The first-order valence-corrected chi connectivity index (χ1v) is 9.51. The van der Waals surface area contributed by atoms with Gasteiger partial charge in [0.25, 0.3) is 5.91 Å². The number of unbranched alkanes of at least 4 members (excludes halogenated alkanes) is 2. The summed E-state index contributed by atoms with van der Waals surface area (Å²) in [5, 5.41) is 4.82. The predicted molar refractivity (Wildman–Crippen MR) is 98.5 cm³/mol. The van der Waals surface area contributed by atoms with Crippen molar-refractivity contribution < 1.29 is 19.2 Å². The summed E-state index contributed by atoms with van der Waals surface area (Å²) in [5.41, 5.74) is 2.49. The summed E-state index contributed by atoms with van der Waals surface area (Å²) in [6.07, 6.45) is 3.98. The van der Waals surface area contributed by atoms with E-state index in [0.29, 0.717) is 37.9 Å². The fourth-order valence-electron chi connectivity index (χ4n) is 3.61. The third-order valence-corrected chi connectivity index (χ3v) is 5.13. The number of rotatable bonds is 6. The minimum Gasteiger partial charge on any atom is -0.295 e. The van der Waals surface area contributed by atoms with Gasteiger partial charge < -0.3 is 0 Å². The third-order valence-electron chi connectivity index (χ3n) is 5.13. The molecule has 144 valence electrons. The number of amides is 4. The summed E-state index contributed by atoms with van der Waals surface area (Å²) >= 11 is 0. The quantitative estimate of drug-likeness (QED) is 0.585. The first kappa shape index (κ1) is 19.2. The topological polar surface area (TPSA) is 95.6 Å². The molecule has 0 spiro atoms. The Morgan fingerprint density at radius 3 is 2.70 bits per heavy atom. The van der Waals surface area contributed by atoms with Crippen LogP contribution in [-0.4, -0.2) is 34.6 Å². The summed E-state index contributed by atoms with van der Waals surface area (Å²) in [6, 6.07) is 5.04. The van der Waals surface area contributed by atoms with Crippen LogP contribution in [0.2, 0.25) is 0 Å². The molecule has 1 unspecified atom stereocenters. The van der Waals surface area contributed by atoms with E-state index in [4.69, 9.17) is 0 Å². The minimum atomic E-state index is -0.390. The summed E-state index contributed by atoms with van der Waals surface area (Å²) in [7, 11) is 0. The molecule has 0 saturated carbocycles. The molecule has 7 nitrogen and oxygen atoms in total. The van der Waals surface area contributed by atoms with E-state index in [-0.39, 0.29) is 23.8 Å². The Kier molecular flexibility index (Phi) is 6.01. The number of nitrogens with one attached hydrogen (secondary N) is 2. The molecule has 1 saturated heterocycles. The number of hydrogen-bond acceptors (Lipinski definition) is 5. The van der Waals surface area contributed by atoms with Crippen molar-refractivity contribution in [3.05, 3.63) is 34.9 Å². The molecule has 3 rings (SSSR count). The van der Waals surface area contributed by atoms with E-state index in [1.54, 1.807) is 12.1 Å². The molecule has 2 N–H and O–H groups in total. The van der Waals surface area contributed by atoms with Gasteiger partial charge in [-0.25, -0.2) is 0 Å². The van der Waals surface area contributed by atoms with Gasteiger partial charge in [-0.1, -0.05) is 25.8 Å². The molecule has 2 aliphatic heterocycles. The highest BCUT2D eigenvalue weighted by Crippen LogP contribution is 2.28. The Morgan fingerprint density at radius 2 is 1.96 bits per heavy atom. The van der Waals surface area contributed by atoms with Gasteiger partial charge in [0.15, 0.2) is 0 Å². The molecule has 1 atom stereocenters. The monoisotopic (exact) mass is 371 g/mol. The molecule has 1 aromatic carbocycles. The maximum atomic E-state index is 12.3. The molecule has 1 fully saturated rings. The lowest BCUT2D eigenvalue weighted by molar-refractivity contribution is -0.137. The maximum Gasteiger partial charge on any atom is 0.257 e. The molecular formula is C20H25N3O4. The van der Waals surface area contributed by atoms with Crippen molar-refractivity contribution in [2.75, 3.05) is 0 Å². The number of fused-ring (bicyclic) bond motifs is 1. The number of nitrogens with zero attached hydrogens (tertiary/aromatic N) is 1. The highest BCUT2D eigenvalue weighted by Gasteiger charge is 2.34. The van der Waals surface area contributed by atoms with E-state index in [0.717, 1.165) is 30.4 Å². The number of benzene rings is 1. The number of carbonyl (C=O) groups excluding carboxylic acids is 4. The van der Waals surface area contributed by atoms with Gasteiger partial charge in [-0.3, -0.25) is 34.7 Å². The largest absolute Gasteiger partial charge is 0.295 e. The zero-order chi connectivity index (χ0) is 19.4. The summed E-state index contributed by atoms with van der Waals surface area (Å²) in [5.74, 6) is -1.12. The average Bonchev–Trinajstić information content (AvgIpc) is 3.04. The average molecular weight is 371 g/mol. The summed E-state index contributed by atoms with van der Waals surface area (Å²) in [4.78, 5) is 49.6. The molecule has 4 amide bonds. The van der Waals surface area contributed by atoms with Crippen LogP contribution in [0.5, 0.6) is 0 Å². The van der Waals surface area contributed by atoms with Crippen LogP contribution in [0.4, 0.5) is 0 Å². The Labute approximate surface area is 158 Å². The number of piperidine rings is 1. The van der Waals surface area contributed by atoms with Crippen LogP contribution in [0.25, 0.3) is 0 Å². The van der Waals surface area contributed by atoms with Crippen LogP contribution < -0.4 is 10.6 Å². The number of imide groups is 2. The van der Waals surface area contributed by atoms with E-state index in [1.165, 1.54) is 0 Å². The molecule has 7 heteroatoms. The van der Waals surface area contributed by atoms with Gasteiger partial charge in [-0.05, 0) is 36.1 Å². The van der Waals surface area contributed by atoms with Crippen LogP contribution in [0, 0.1) is 0 Å². The van der Waals surface area contributed by atoms with Crippen LogP contribution >= 0.6 is 0 Å². The van der Waals surface area contributed by atoms with Crippen molar-refractivity contribution in [1.29, 1.82) is 0 Å². The molecule has 2 heterocycles. The molecule has 1 aromatic rings. The van der Waals surface area contributed by atoms with Crippen molar-refractivity contribution in [2.45, 2.75) is 64.6 Å². The van der Waals surface area contributed by atoms with Gasteiger partial charge in [0.2, 0.25) is 17.7 Å². The van der Waals surface area contributed by atoms with Gasteiger partial charge in [0.05, 0.1) is 6.04 Å². The van der Waals surface area contributed by atoms with Crippen LogP contribution in [-0.2, 0) is 27.5 Å². The van der Waals surface area contributed by atoms with E-state index in [1.807, 2.05) is 11.0 Å². The molecule has 0 aliphatic carbocycles. The molecule has 2 aliphatic rings. The van der Waals surface area contributed by atoms with Gasteiger partial charge in [0.1, 0.15) is 0 Å². The molecule has 0 radical (unpaired) electrons. The Hall–Kier alpha value is -2.54. The third kappa shape index (κ3) is 4.60. The maximum absolute atomic E-state index is 12.3. The second kappa shape index (κ2) is 8.43. The highest BCUT2D eigenvalue weighted by molar-refractivity contribution is 6.04. The lowest BCUT2D eigenvalue weighted by atomic mass is 10.0. The fraction of sp³-hybridized carbons (Fsp3) is 0.500. The van der Waals surface area contributed by atoms with Crippen LogP contribution in [0.15, 0.2) is 18.2 Å². The second-order valence-electron chi connectivity index (χ2n) is 7.19. The van der Waals surface area contributed by atoms with Crippen molar-refractivity contribution in [3.63, 3.8) is 0 Å². The standard InChI is InChI=1S/C20H25N3O4/c1-2-3-4-5-17(24)21-19(26)13-6-7-14-11-23(12-15(14)10-13)16-8-9-18(25)22-20(16)27/h6-7,10,16H,2-5,8-9,11-12H2,1H3,(H,21,24,26)(H,22,25,27). The Morgan fingerprint density at radius 1 is 1.19 bits per heavy atom. The normalized spacial score (nSPS) is 19.5. The molecular weight excluding hydrogens is 346 g/mol. The molecule has 27 heavy (non-hydrogen) atoms. The van der Waals surface area contributed by atoms with E-state index in [2.05, 4.69) is 17.6 Å². The predicted octanol–water partition coefficient (Wildman–Crippen LogP) is 1.64. The van der Waals surface area contributed by atoms with Gasteiger partial charge >= 0.3 is 0 Å². The van der Waals surface area contributed by atoms with E-state index in [9.17, 15) is 19.2 Å². The molecule has 0 aromatic heterocycles. The van der Waals surface area contributed by atoms with Crippen LogP contribution in [0.1, 0.15) is 66.9 Å². The number of carbonyl (C=O) groups is 4. The minimum absolute atomic E-state index is 0.226. The summed E-state index contributed by atoms with van der Waals surface area (Å²) < 4.78 is 0. The molecule has 0 bridgehead atoms. The number of hydrogen-bond donors (Lipinski definition) is 2. The van der Waals surface area contributed by atoms with Gasteiger partial charge in [-0.2, -0.15) is 0 Å². The SMILES string of the molecule is CCCCCC(=O)NC(=O)c1ccc2c(c1)CN(C1CCC(=O)NC1=O)C2. The summed E-state index contributed by atoms with van der Waals surface area (Å²) in [6.45, 7) is 3.22. The van der Waals surface area contributed by atoms with Crippen molar-refractivity contribution in [1.82, 2.24) is 15.5 Å². The first-order chi connectivity index (χ1) is 13.0. The van der Waals surface area contributed by atoms with Crippen molar-refractivity contribution in [2.24, 2.45) is 0 Å². The second-order valence-corrected chi connectivity index (χ2v) is 7.19.